The Morgan fingerprint density at radius 1 is 0.875 bits per heavy atom. The number of rotatable bonds is 12. The zero-order valence-corrected chi connectivity index (χ0v) is 25.2. The molecule has 0 saturated heterocycles. The van der Waals surface area contributed by atoms with Crippen molar-refractivity contribution in [2.75, 3.05) is 7.11 Å². The van der Waals surface area contributed by atoms with Crippen molar-refractivity contribution < 1.29 is 42.9 Å². The van der Waals surface area contributed by atoms with Crippen LogP contribution >= 0.6 is 0 Å². The average molecular weight is 565 g/mol. The van der Waals surface area contributed by atoms with Gasteiger partial charge in [-0.2, -0.15) is 0 Å². The highest BCUT2D eigenvalue weighted by Gasteiger charge is 2.33. The summed E-state index contributed by atoms with van der Waals surface area (Å²) in [6.45, 7) is 15.2. The summed E-state index contributed by atoms with van der Waals surface area (Å²) in [4.78, 5) is 62.5. The number of nitrogens with one attached hydrogen (secondary N) is 2. The predicted molar refractivity (Wildman–Crippen MR) is 147 cm³/mol. The molecule has 11 heteroatoms. The first-order chi connectivity index (χ1) is 18.3. The van der Waals surface area contributed by atoms with Crippen LogP contribution in [-0.2, 0) is 39.8 Å². The molecule has 1 aromatic rings. The fourth-order valence-electron chi connectivity index (χ4n) is 3.54. The van der Waals surface area contributed by atoms with E-state index in [0.717, 1.165) is 0 Å². The second kappa shape index (κ2) is 14.7. The van der Waals surface area contributed by atoms with Crippen LogP contribution in [0.15, 0.2) is 24.3 Å². The maximum Gasteiger partial charge on any atom is 0.408 e. The molecule has 2 amide bonds. The lowest BCUT2D eigenvalue weighted by Crippen LogP contribution is -2.55. The Kier molecular flexibility index (Phi) is 12.6. The van der Waals surface area contributed by atoms with E-state index >= 15 is 0 Å². The van der Waals surface area contributed by atoms with Gasteiger partial charge in [-0.05, 0) is 72.1 Å². The monoisotopic (exact) mass is 564 g/mol. The van der Waals surface area contributed by atoms with Gasteiger partial charge < -0.3 is 29.6 Å². The van der Waals surface area contributed by atoms with E-state index in [1.54, 1.807) is 86.6 Å². The van der Waals surface area contributed by atoms with Crippen molar-refractivity contribution in [2.45, 2.75) is 98.9 Å². The Labute approximate surface area is 236 Å². The first-order valence-corrected chi connectivity index (χ1v) is 13.2. The quantitative estimate of drug-likeness (QED) is 0.220. The first-order valence-electron chi connectivity index (χ1n) is 13.2. The molecule has 40 heavy (non-hydrogen) atoms. The van der Waals surface area contributed by atoms with Crippen LogP contribution < -0.4 is 15.4 Å². The lowest BCUT2D eigenvalue weighted by Gasteiger charge is -2.27. The molecule has 1 rings (SSSR count). The van der Waals surface area contributed by atoms with Gasteiger partial charge in [0.05, 0.1) is 25.0 Å². The van der Waals surface area contributed by atoms with Gasteiger partial charge >= 0.3 is 24.0 Å². The fourth-order valence-corrected chi connectivity index (χ4v) is 3.54. The zero-order valence-electron chi connectivity index (χ0n) is 25.2. The van der Waals surface area contributed by atoms with E-state index in [1.165, 1.54) is 7.11 Å². The minimum absolute atomic E-state index is 0.0815. The topological polar surface area (TPSA) is 146 Å². The maximum atomic E-state index is 13.2. The highest BCUT2D eigenvalue weighted by atomic mass is 16.6. The molecule has 2 atom stereocenters. The van der Waals surface area contributed by atoms with Crippen LogP contribution in [0.4, 0.5) is 4.79 Å². The summed E-state index contributed by atoms with van der Waals surface area (Å²) in [5, 5.41) is 5.27. The number of alkyl carbamates (subject to hydrolysis) is 1. The van der Waals surface area contributed by atoms with Crippen LogP contribution in [0.1, 0.15) is 74.3 Å². The Morgan fingerprint density at radius 2 is 1.45 bits per heavy atom. The van der Waals surface area contributed by atoms with Crippen LogP contribution in [0.2, 0.25) is 0 Å². The van der Waals surface area contributed by atoms with E-state index in [2.05, 4.69) is 10.6 Å². The molecule has 0 aliphatic carbocycles. The highest BCUT2D eigenvalue weighted by Crippen LogP contribution is 2.24. The summed E-state index contributed by atoms with van der Waals surface area (Å²) in [5.41, 5.74) is -1.13. The van der Waals surface area contributed by atoms with Gasteiger partial charge in [-0.15, -0.1) is 0 Å². The van der Waals surface area contributed by atoms with Crippen molar-refractivity contribution in [3.63, 3.8) is 0 Å². The van der Waals surface area contributed by atoms with E-state index in [4.69, 9.17) is 18.9 Å². The van der Waals surface area contributed by atoms with Crippen molar-refractivity contribution in [3.8, 4) is 5.75 Å². The number of hydrogen-bond donors (Lipinski definition) is 2. The van der Waals surface area contributed by atoms with Crippen molar-refractivity contribution in [3.05, 3.63) is 29.8 Å². The van der Waals surface area contributed by atoms with Crippen LogP contribution in [0.25, 0.3) is 0 Å². The standard InChI is InChI=1S/C29H44N2O9/c1-17(2)23(31-27(36)40-28(5,6)7)24(33)30-21(25(34)38-18(3)4)15-19-11-13-20(14-12-19)39-22(32)16-29(8,9)26(35)37-10/h11-14,17-18,21,23H,15-16H2,1-10H3,(H,30,33)(H,31,36). The van der Waals surface area contributed by atoms with Crippen LogP contribution in [0, 0.1) is 11.3 Å². The molecule has 1 aromatic carbocycles. The lowest BCUT2D eigenvalue weighted by molar-refractivity contribution is -0.155. The third-order valence-corrected chi connectivity index (χ3v) is 5.49. The zero-order chi connectivity index (χ0) is 30.8. The molecular formula is C29H44N2O9. The number of esters is 3. The van der Waals surface area contributed by atoms with E-state index in [9.17, 15) is 24.0 Å². The first kappa shape index (κ1) is 34.4. The van der Waals surface area contributed by atoms with Gasteiger partial charge in [0.15, 0.2) is 0 Å². The Balaban J connectivity index is 3.00. The summed E-state index contributed by atoms with van der Waals surface area (Å²) in [6.07, 6.45) is -1.25. The molecule has 0 aliphatic rings. The molecular weight excluding hydrogens is 520 g/mol. The van der Waals surface area contributed by atoms with Crippen LogP contribution in [0.5, 0.6) is 5.75 Å². The summed E-state index contributed by atoms with van der Waals surface area (Å²) in [6, 6.07) is 4.38. The Hall–Kier alpha value is -3.63. The van der Waals surface area contributed by atoms with Gasteiger partial charge in [0, 0.05) is 6.42 Å². The predicted octanol–water partition coefficient (Wildman–Crippen LogP) is 3.71. The number of hydrogen-bond acceptors (Lipinski definition) is 9. The second-order valence-corrected chi connectivity index (χ2v) is 11.8. The van der Waals surface area contributed by atoms with Crippen molar-refractivity contribution in [1.29, 1.82) is 0 Å². The molecule has 0 bridgehead atoms. The smallest absolute Gasteiger partial charge is 0.408 e. The molecule has 0 aromatic heterocycles. The van der Waals surface area contributed by atoms with E-state index in [-0.39, 0.29) is 24.5 Å². The summed E-state index contributed by atoms with van der Waals surface area (Å²) in [7, 11) is 1.25. The lowest BCUT2D eigenvalue weighted by atomic mass is 9.90. The average Bonchev–Trinajstić information content (AvgIpc) is 2.80. The second-order valence-electron chi connectivity index (χ2n) is 11.8. The van der Waals surface area contributed by atoms with Crippen LogP contribution in [0.3, 0.4) is 0 Å². The molecule has 0 fully saturated rings. The van der Waals surface area contributed by atoms with Crippen molar-refractivity contribution in [2.24, 2.45) is 11.3 Å². The largest absolute Gasteiger partial charge is 0.469 e. The number of carbonyl (C=O) groups excluding carboxylic acids is 5. The minimum atomic E-state index is -1.05. The summed E-state index contributed by atoms with van der Waals surface area (Å²) in [5.74, 6) is -2.38. The molecule has 11 nitrogen and oxygen atoms in total. The fraction of sp³-hybridized carbons (Fsp3) is 0.621. The third kappa shape index (κ3) is 12.0. The van der Waals surface area contributed by atoms with Gasteiger partial charge in [-0.25, -0.2) is 9.59 Å². The van der Waals surface area contributed by atoms with E-state index < -0.39 is 59.1 Å². The molecule has 0 spiro atoms. The van der Waals surface area contributed by atoms with Gasteiger partial charge in [-0.3, -0.25) is 14.4 Å². The molecule has 0 aliphatic heterocycles. The van der Waals surface area contributed by atoms with E-state index in [0.29, 0.717) is 5.56 Å². The normalized spacial score (nSPS) is 13.2. The molecule has 2 N–H and O–H groups in total. The molecule has 2 unspecified atom stereocenters. The molecule has 224 valence electrons. The highest BCUT2D eigenvalue weighted by molar-refractivity contribution is 5.90. The van der Waals surface area contributed by atoms with Crippen LogP contribution in [-0.4, -0.2) is 60.8 Å². The van der Waals surface area contributed by atoms with Gasteiger partial charge in [0.25, 0.3) is 0 Å². The van der Waals surface area contributed by atoms with Crippen molar-refractivity contribution in [1.82, 2.24) is 10.6 Å². The SMILES string of the molecule is COC(=O)C(C)(C)CC(=O)Oc1ccc(CC(NC(=O)C(NC(=O)OC(C)(C)C)C(C)C)C(=O)OC(C)C)cc1. The summed E-state index contributed by atoms with van der Waals surface area (Å²) < 4.78 is 20.7. The van der Waals surface area contributed by atoms with E-state index in [1.807, 2.05) is 0 Å². The summed E-state index contributed by atoms with van der Waals surface area (Å²) >= 11 is 0. The number of carbonyl (C=O) groups is 5. The molecule has 0 saturated carbocycles. The Bertz CT molecular complexity index is 1040. The van der Waals surface area contributed by atoms with Gasteiger partial charge in [0.2, 0.25) is 5.91 Å². The number of benzene rings is 1. The van der Waals surface area contributed by atoms with Gasteiger partial charge in [-0.1, -0.05) is 26.0 Å². The van der Waals surface area contributed by atoms with Crippen molar-refractivity contribution >= 4 is 29.9 Å². The number of methoxy groups -OCH3 is 1. The molecule has 0 heterocycles. The Morgan fingerprint density at radius 3 is 1.93 bits per heavy atom. The number of amides is 2. The number of ether oxygens (including phenoxy) is 4. The molecule has 0 radical (unpaired) electrons. The minimum Gasteiger partial charge on any atom is -0.469 e. The third-order valence-electron chi connectivity index (χ3n) is 5.49. The maximum absolute atomic E-state index is 13.2. The van der Waals surface area contributed by atoms with Gasteiger partial charge in [0.1, 0.15) is 23.4 Å².